The summed E-state index contributed by atoms with van der Waals surface area (Å²) in [6, 6.07) is 8.09. The van der Waals surface area contributed by atoms with E-state index in [2.05, 4.69) is 32.2 Å². The van der Waals surface area contributed by atoms with Gasteiger partial charge in [0, 0.05) is 10.4 Å². The molecule has 1 aromatic carbocycles. The molecule has 0 N–H and O–H groups in total. The Balaban J connectivity index is 1.80. The molecule has 1 aliphatic carbocycles. The van der Waals surface area contributed by atoms with E-state index in [-0.39, 0.29) is 0 Å². The molecule has 1 saturated carbocycles. The highest BCUT2D eigenvalue weighted by molar-refractivity contribution is 9.10. The average molecular weight is 279 g/mol. The molecule has 0 aliphatic heterocycles. The molecule has 0 spiro atoms. The van der Waals surface area contributed by atoms with Gasteiger partial charge in [0.2, 0.25) is 11.8 Å². The largest absolute Gasteiger partial charge is 0.425 e. The number of benzene rings is 1. The van der Waals surface area contributed by atoms with Crippen LogP contribution in [-0.2, 0) is 6.42 Å². The van der Waals surface area contributed by atoms with Gasteiger partial charge in [-0.1, -0.05) is 34.1 Å². The molecule has 0 saturated heterocycles. The van der Waals surface area contributed by atoms with Gasteiger partial charge in [-0.3, -0.25) is 0 Å². The lowest BCUT2D eigenvalue weighted by atomic mass is 10.1. The van der Waals surface area contributed by atoms with Crippen molar-refractivity contribution < 1.29 is 4.42 Å². The highest BCUT2D eigenvalue weighted by Gasteiger charge is 2.29. The van der Waals surface area contributed by atoms with E-state index in [0.717, 1.165) is 10.4 Å². The van der Waals surface area contributed by atoms with Gasteiger partial charge in [0.25, 0.3) is 0 Å². The van der Waals surface area contributed by atoms with Crippen LogP contribution < -0.4 is 0 Å². The smallest absolute Gasteiger partial charge is 0.220 e. The third-order valence-corrected chi connectivity index (χ3v) is 3.48. The number of aromatic nitrogens is 2. The van der Waals surface area contributed by atoms with Crippen LogP contribution in [0.2, 0.25) is 0 Å². The topological polar surface area (TPSA) is 38.9 Å². The number of hydrogen-bond acceptors (Lipinski definition) is 3. The van der Waals surface area contributed by atoms with E-state index < -0.39 is 0 Å². The third-order valence-electron chi connectivity index (χ3n) is 2.71. The predicted octanol–water partition coefficient (Wildman–Crippen LogP) is 3.30. The maximum absolute atomic E-state index is 5.62. The molecular formula is C12H11BrN2O. The normalized spacial score (nSPS) is 15.3. The number of nitrogens with zero attached hydrogens (tertiary/aromatic N) is 2. The highest BCUT2D eigenvalue weighted by Crippen LogP contribution is 2.39. The third kappa shape index (κ3) is 2.02. The Hall–Kier alpha value is -1.16. The Morgan fingerprint density at radius 2 is 2.06 bits per heavy atom. The van der Waals surface area contributed by atoms with Gasteiger partial charge in [0.15, 0.2) is 0 Å². The molecule has 0 unspecified atom stereocenters. The van der Waals surface area contributed by atoms with Crippen LogP contribution in [0.3, 0.4) is 0 Å². The van der Waals surface area contributed by atoms with Crippen molar-refractivity contribution in [2.75, 3.05) is 0 Å². The van der Waals surface area contributed by atoms with E-state index in [1.54, 1.807) is 0 Å². The molecule has 2 aromatic rings. The Kier molecular flexibility index (Phi) is 2.52. The van der Waals surface area contributed by atoms with Crippen LogP contribution in [0.15, 0.2) is 33.2 Å². The zero-order valence-electron chi connectivity index (χ0n) is 8.69. The first-order valence-electron chi connectivity index (χ1n) is 5.38. The first kappa shape index (κ1) is 10.0. The molecule has 1 aliphatic rings. The van der Waals surface area contributed by atoms with E-state index in [9.17, 15) is 0 Å². The van der Waals surface area contributed by atoms with Crippen molar-refractivity contribution in [1.82, 2.24) is 10.2 Å². The summed E-state index contributed by atoms with van der Waals surface area (Å²) in [5, 5.41) is 8.15. The monoisotopic (exact) mass is 278 g/mol. The zero-order valence-corrected chi connectivity index (χ0v) is 10.3. The van der Waals surface area contributed by atoms with Gasteiger partial charge in [0.05, 0.1) is 6.42 Å². The number of hydrogen-bond donors (Lipinski definition) is 0. The van der Waals surface area contributed by atoms with Gasteiger partial charge >= 0.3 is 0 Å². The Bertz CT molecular complexity index is 505. The molecule has 0 atom stereocenters. The quantitative estimate of drug-likeness (QED) is 0.865. The number of rotatable bonds is 3. The summed E-state index contributed by atoms with van der Waals surface area (Å²) >= 11 is 3.51. The van der Waals surface area contributed by atoms with E-state index in [1.807, 2.05) is 18.2 Å². The van der Waals surface area contributed by atoms with Crippen molar-refractivity contribution in [2.45, 2.75) is 25.2 Å². The summed E-state index contributed by atoms with van der Waals surface area (Å²) < 4.78 is 6.71. The molecular weight excluding hydrogens is 268 g/mol. The van der Waals surface area contributed by atoms with E-state index >= 15 is 0 Å². The second kappa shape index (κ2) is 4.01. The fraction of sp³-hybridized carbons (Fsp3) is 0.333. The lowest BCUT2D eigenvalue weighted by Gasteiger charge is -1.99. The van der Waals surface area contributed by atoms with Crippen molar-refractivity contribution in [3.63, 3.8) is 0 Å². The summed E-state index contributed by atoms with van der Waals surface area (Å²) in [6.45, 7) is 0. The minimum atomic E-state index is 0.528. The second-order valence-electron chi connectivity index (χ2n) is 4.08. The minimum absolute atomic E-state index is 0.528. The van der Waals surface area contributed by atoms with Gasteiger partial charge in [-0.05, 0) is 24.5 Å². The van der Waals surface area contributed by atoms with Crippen LogP contribution in [0.5, 0.6) is 0 Å². The van der Waals surface area contributed by atoms with Crippen LogP contribution in [0.4, 0.5) is 0 Å². The van der Waals surface area contributed by atoms with Crippen LogP contribution >= 0.6 is 15.9 Å². The minimum Gasteiger partial charge on any atom is -0.425 e. The molecule has 82 valence electrons. The van der Waals surface area contributed by atoms with Crippen LogP contribution in [0.25, 0.3) is 0 Å². The van der Waals surface area contributed by atoms with Crippen LogP contribution in [0.1, 0.15) is 36.1 Å². The molecule has 3 rings (SSSR count). The maximum atomic E-state index is 5.62. The van der Waals surface area contributed by atoms with E-state index in [4.69, 9.17) is 4.42 Å². The Morgan fingerprint density at radius 1 is 1.25 bits per heavy atom. The van der Waals surface area contributed by atoms with Crippen LogP contribution in [0, 0.1) is 0 Å². The molecule has 0 bridgehead atoms. The molecule has 4 heteroatoms. The average Bonchev–Trinajstić information content (AvgIpc) is 3.03. The lowest BCUT2D eigenvalue weighted by molar-refractivity contribution is 0.459. The SMILES string of the molecule is Brc1ccccc1Cc1nnc(C2CC2)o1. The fourth-order valence-electron chi connectivity index (χ4n) is 1.64. The highest BCUT2D eigenvalue weighted by atomic mass is 79.9. The zero-order chi connectivity index (χ0) is 11.0. The molecule has 1 aromatic heterocycles. The second-order valence-corrected chi connectivity index (χ2v) is 4.93. The van der Waals surface area contributed by atoms with Crippen molar-refractivity contribution in [2.24, 2.45) is 0 Å². The molecule has 16 heavy (non-hydrogen) atoms. The molecule has 0 radical (unpaired) electrons. The van der Waals surface area contributed by atoms with Crippen LogP contribution in [-0.4, -0.2) is 10.2 Å². The van der Waals surface area contributed by atoms with Crippen molar-refractivity contribution in [3.8, 4) is 0 Å². The molecule has 1 fully saturated rings. The summed E-state index contributed by atoms with van der Waals surface area (Å²) in [6.07, 6.45) is 3.08. The summed E-state index contributed by atoms with van der Waals surface area (Å²) in [7, 11) is 0. The molecule has 3 nitrogen and oxygen atoms in total. The molecule has 0 amide bonds. The first-order valence-corrected chi connectivity index (χ1v) is 6.18. The number of halogens is 1. The fourth-order valence-corrected chi connectivity index (χ4v) is 2.06. The van der Waals surface area contributed by atoms with Crippen molar-refractivity contribution in [1.29, 1.82) is 0 Å². The standard InChI is InChI=1S/C12H11BrN2O/c13-10-4-2-1-3-9(10)7-11-14-15-12(16-11)8-5-6-8/h1-4,8H,5-7H2. The van der Waals surface area contributed by atoms with Crippen molar-refractivity contribution in [3.05, 3.63) is 46.1 Å². The predicted molar refractivity (Wildman–Crippen MR) is 63.2 cm³/mol. The van der Waals surface area contributed by atoms with Gasteiger partial charge < -0.3 is 4.42 Å². The van der Waals surface area contributed by atoms with Gasteiger partial charge in [-0.25, -0.2) is 0 Å². The lowest BCUT2D eigenvalue weighted by Crippen LogP contribution is -1.89. The van der Waals surface area contributed by atoms with E-state index in [0.29, 0.717) is 18.2 Å². The summed E-state index contributed by atoms with van der Waals surface area (Å²) in [5.41, 5.74) is 1.17. The van der Waals surface area contributed by atoms with Gasteiger partial charge in [-0.2, -0.15) is 0 Å². The van der Waals surface area contributed by atoms with Gasteiger partial charge in [0.1, 0.15) is 0 Å². The van der Waals surface area contributed by atoms with Crippen molar-refractivity contribution >= 4 is 15.9 Å². The van der Waals surface area contributed by atoms with Gasteiger partial charge in [-0.15, -0.1) is 10.2 Å². The summed E-state index contributed by atoms with van der Waals surface area (Å²) in [4.78, 5) is 0. The summed E-state index contributed by atoms with van der Waals surface area (Å²) in [5.74, 6) is 2.04. The Morgan fingerprint density at radius 3 is 2.81 bits per heavy atom. The molecule has 1 heterocycles. The van der Waals surface area contributed by atoms with E-state index in [1.165, 1.54) is 18.4 Å². The Labute approximate surface area is 102 Å². The first-order chi connectivity index (χ1) is 7.83. The maximum Gasteiger partial charge on any atom is 0.220 e.